The summed E-state index contributed by atoms with van der Waals surface area (Å²) in [5.74, 6) is 1.16. The minimum Gasteiger partial charge on any atom is -0.368 e. The quantitative estimate of drug-likeness (QED) is 0.867. The molecule has 4 rings (SSSR count). The Labute approximate surface area is 140 Å². The van der Waals surface area contributed by atoms with E-state index in [9.17, 15) is 4.79 Å². The van der Waals surface area contributed by atoms with Gasteiger partial charge in [0.05, 0.1) is 0 Å². The normalized spacial score (nSPS) is 24.2. The van der Waals surface area contributed by atoms with Gasteiger partial charge in [-0.1, -0.05) is 35.5 Å². The number of aromatic nitrogens is 2. The fourth-order valence-electron chi connectivity index (χ4n) is 3.48. The van der Waals surface area contributed by atoms with E-state index in [1.807, 2.05) is 35.2 Å². The monoisotopic (exact) mass is 327 g/mol. The molecule has 2 atom stereocenters. The molecule has 0 bridgehead atoms. The standard InChI is InChI=1S/C18H21N3O3/c22-18(15-10-6-12-23-15)21-11-5-4-9-14(21)17-19-16(20-24-17)13-7-2-1-3-8-13/h1-3,7-8,14-15H,4-6,9-12H2/t14-,15-/m1/s1. The molecule has 0 radical (unpaired) electrons. The van der Waals surface area contributed by atoms with Gasteiger partial charge in [-0.15, -0.1) is 0 Å². The first kappa shape index (κ1) is 15.3. The van der Waals surface area contributed by atoms with Gasteiger partial charge in [0.2, 0.25) is 11.7 Å². The van der Waals surface area contributed by atoms with Gasteiger partial charge in [-0.25, -0.2) is 0 Å². The van der Waals surface area contributed by atoms with Crippen LogP contribution in [-0.4, -0.2) is 40.2 Å². The second kappa shape index (κ2) is 6.73. The first-order chi connectivity index (χ1) is 11.8. The Kier molecular flexibility index (Phi) is 4.30. The Hall–Kier alpha value is -2.21. The molecule has 2 aliphatic rings. The van der Waals surface area contributed by atoms with Crippen molar-refractivity contribution in [3.8, 4) is 11.4 Å². The van der Waals surface area contributed by atoms with Crippen molar-refractivity contribution in [2.45, 2.75) is 44.2 Å². The molecule has 2 saturated heterocycles. The van der Waals surface area contributed by atoms with Gasteiger partial charge in [-0.2, -0.15) is 4.98 Å². The minimum atomic E-state index is -0.304. The van der Waals surface area contributed by atoms with E-state index < -0.39 is 0 Å². The molecule has 0 aliphatic carbocycles. The number of hydrogen-bond donors (Lipinski definition) is 0. The number of hydrogen-bond acceptors (Lipinski definition) is 5. The van der Waals surface area contributed by atoms with E-state index in [2.05, 4.69) is 10.1 Å². The van der Waals surface area contributed by atoms with E-state index in [1.165, 1.54) is 0 Å². The lowest BCUT2D eigenvalue weighted by Gasteiger charge is -2.34. The topological polar surface area (TPSA) is 68.5 Å². The number of likely N-dealkylation sites (tertiary alicyclic amines) is 1. The Morgan fingerprint density at radius 1 is 1.12 bits per heavy atom. The van der Waals surface area contributed by atoms with Crippen LogP contribution in [0, 0.1) is 0 Å². The predicted molar refractivity (Wildman–Crippen MR) is 87.0 cm³/mol. The van der Waals surface area contributed by atoms with Crippen molar-refractivity contribution in [2.75, 3.05) is 13.2 Å². The van der Waals surface area contributed by atoms with Gasteiger partial charge in [0.15, 0.2) is 0 Å². The molecular weight excluding hydrogens is 306 g/mol. The second-order valence-electron chi connectivity index (χ2n) is 6.37. The van der Waals surface area contributed by atoms with E-state index in [0.717, 1.165) is 44.2 Å². The van der Waals surface area contributed by atoms with Crippen LogP contribution >= 0.6 is 0 Å². The van der Waals surface area contributed by atoms with Gasteiger partial charge in [0.25, 0.3) is 5.91 Å². The van der Waals surface area contributed by atoms with Crippen LogP contribution in [0.1, 0.15) is 44.0 Å². The van der Waals surface area contributed by atoms with Crippen LogP contribution in [0.2, 0.25) is 0 Å². The predicted octanol–water partition coefficient (Wildman–Crippen LogP) is 2.97. The van der Waals surface area contributed by atoms with Crippen LogP contribution in [0.15, 0.2) is 34.9 Å². The summed E-state index contributed by atoms with van der Waals surface area (Å²) in [6.45, 7) is 1.40. The molecule has 1 aromatic heterocycles. The van der Waals surface area contributed by atoms with Gasteiger partial charge in [-0.05, 0) is 32.1 Å². The highest BCUT2D eigenvalue weighted by Crippen LogP contribution is 2.32. The molecule has 0 spiro atoms. The molecule has 3 heterocycles. The molecule has 0 N–H and O–H groups in total. The molecule has 0 unspecified atom stereocenters. The molecule has 0 saturated carbocycles. The third kappa shape index (κ3) is 2.94. The highest BCUT2D eigenvalue weighted by Gasteiger charge is 2.37. The number of amides is 1. The maximum atomic E-state index is 12.8. The van der Waals surface area contributed by atoms with Crippen LogP contribution in [0.25, 0.3) is 11.4 Å². The third-order valence-electron chi connectivity index (χ3n) is 4.75. The van der Waals surface area contributed by atoms with Gasteiger partial charge in [0.1, 0.15) is 12.1 Å². The third-order valence-corrected chi connectivity index (χ3v) is 4.75. The number of carbonyl (C=O) groups excluding carboxylic acids is 1. The van der Waals surface area contributed by atoms with Gasteiger partial charge in [0, 0.05) is 18.7 Å². The second-order valence-corrected chi connectivity index (χ2v) is 6.37. The number of benzene rings is 1. The molecule has 126 valence electrons. The fourth-order valence-corrected chi connectivity index (χ4v) is 3.48. The average Bonchev–Trinajstić information content (AvgIpc) is 3.34. The highest BCUT2D eigenvalue weighted by atomic mass is 16.5. The first-order valence-electron chi connectivity index (χ1n) is 8.64. The summed E-state index contributed by atoms with van der Waals surface area (Å²) in [6.07, 6.45) is 4.38. The molecule has 1 aromatic carbocycles. The van der Waals surface area contributed by atoms with Gasteiger partial charge < -0.3 is 14.2 Å². The summed E-state index contributed by atoms with van der Waals surface area (Å²) in [4.78, 5) is 19.2. The summed E-state index contributed by atoms with van der Waals surface area (Å²) in [7, 11) is 0. The van der Waals surface area contributed by atoms with Crippen LogP contribution in [0.4, 0.5) is 0 Å². The van der Waals surface area contributed by atoms with Crippen LogP contribution in [0.5, 0.6) is 0 Å². The number of nitrogens with zero attached hydrogens (tertiary/aromatic N) is 3. The largest absolute Gasteiger partial charge is 0.368 e. The van der Waals surface area contributed by atoms with Gasteiger partial charge in [-0.3, -0.25) is 4.79 Å². The van der Waals surface area contributed by atoms with Crippen molar-refractivity contribution in [3.63, 3.8) is 0 Å². The summed E-state index contributed by atoms with van der Waals surface area (Å²) >= 11 is 0. The Morgan fingerprint density at radius 3 is 2.79 bits per heavy atom. The van der Waals surface area contributed by atoms with Crippen molar-refractivity contribution in [1.82, 2.24) is 15.0 Å². The number of carbonyl (C=O) groups is 1. The van der Waals surface area contributed by atoms with E-state index in [0.29, 0.717) is 18.3 Å². The molecule has 2 aromatic rings. The van der Waals surface area contributed by atoms with Crippen molar-refractivity contribution < 1.29 is 14.1 Å². The summed E-state index contributed by atoms with van der Waals surface area (Å²) in [5, 5.41) is 4.10. The fraction of sp³-hybridized carbons (Fsp3) is 0.500. The maximum absolute atomic E-state index is 12.8. The van der Waals surface area contributed by atoms with E-state index >= 15 is 0 Å². The van der Waals surface area contributed by atoms with Crippen molar-refractivity contribution in [1.29, 1.82) is 0 Å². The molecule has 2 aliphatic heterocycles. The Bertz CT molecular complexity index is 695. The van der Waals surface area contributed by atoms with Gasteiger partial charge >= 0.3 is 0 Å². The lowest BCUT2D eigenvalue weighted by molar-refractivity contribution is -0.145. The Morgan fingerprint density at radius 2 is 2.00 bits per heavy atom. The van der Waals surface area contributed by atoms with Crippen molar-refractivity contribution in [2.24, 2.45) is 0 Å². The van der Waals surface area contributed by atoms with Crippen LogP contribution in [0.3, 0.4) is 0 Å². The molecule has 6 nitrogen and oxygen atoms in total. The summed E-state index contributed by atoms with van der Waals surface area (Å²) < 4.78 is 11.1. The average molecular weight is 327 g/mol. The number of rotatable bonds is 3. The molecule has 1 amide bonds. The zero-order chi connectivity index (χ0) is 16.4. The highest BCUT2D eigenvalue weighted by molar-refractivity contribution is 5.81. The van der Waals surface area contributed by atoms with Crippen molar-refractivity contribution in [3.05, 3.63) is 36.2 Å². The number of piperidine rings is 1. The lowest BCUT2D eigenvalue weighted by Crippen LogP contribution is -2.44. The lowest BCUT2D eigenvalue weighted by atomic mass is 10.0. The van der Waals surface area contributed by atoms with Crippen LogP contribution < -0.4 is 0 Å². The zero-order valence-corrected chi connectivity index (χ0v) is 13.6. The Balaban J connectivity index is 1.57. The first-order valence-corrected chi connectivity index (χ1v) is 8.64. The smallest absolute Gasteiger partial charge is 0.252 e. The number of ether oxygens (including phenoxy) is 1. The molecule has 24 heavy (non-hydrogen) atoms. The van der Waals surface area contributed by atoms with E-state index in [4.69, 9.17) is 9.26 Å². The van der Waals surface area contributed by atoms with E-state index in [-0.39, 0.29) is 18.1 Å². The van der Waals surface area contributed by atoms with Crippen LogP contribution in [-0.2, 0) is 9.53 Å². The van der Waals surface area contributed by atoms with E-state index in [1.54, 1.807) is 0 Å². The minimum absolute atomic E-state index is 0.0664. The zero-order valence-electron chi connectivity index (χ0n) is 13.6. The maximum Gasteiger partial charge on any atom is 0.252 e. The molecule has 6 heteroatoms. The summed E-state index contributed by atoms with van der Waals surface area (Å²) in [5.41, 5.74) is 0.917. The molecule has 2 fully saturated rings. The van der Waals surface area contributed by atoms with Crippen molar-refractivity contribution >= 4 is 5.91 Å². The summed E-state index contributed by atoms with van der Waals surface area (Å²) in [6, 6.07) is 9.60. The molecular formula is C18H21N3O3. The SMILES string of the molecule is O=C([C@H]1CCCO1)N1CCCC[C@@H]1c1nc(-c2ccccc2)no1.